The zero-order valence-electron chi connectivity index (χ0n) is 14.5. The number of nitrogen functional groups attached to an aromatic ring is 1. The van der Waals surface area contributed by atoms with Crippen molar-refractivity contribution in [1.29, 1.82) is 0 Å². The van der Waals surface area contributed by atoms with Crippen LogP contribution in [0.25, 0.3) is 0 Å². The molecule has 2 rings (SSSR count). The quantitative estimate of drug-likeness (QED) is 0.511. The van der Waals surface area contributed by atoms with Crippen LogP contribution in [0.3, 0.4) is 0 Å². The summed E-state index contributed by atoms with van der Waals surface area (Å²) in [6, 6.07) is 14.5. The molecule has 0 atom stereocenters. The summed E-state index contributed by atoms with van der Waals surface area (Å²) in [6.07, 6.45) is 2.34. The van der Waals surface area contributed by atoms with Gasteiger partial charge in [-0.25, -0.2) is 0 Å². The normalized spacial score (nSPS) is 10.3. The fourth-order valence-electron chi connectivity index (χ4n) is 2.34. The third-order valence-electron chi connectivity index (χ3n) is 3.87. The van der Waals surface area contributed by atoms with Crippen LogP contribution in [0.15, 0.2) is 48.5 Å². The Kier molecular flexibility index (Phi) is 7.01. The molecular formula is C20H25N3O2. The van der Waals surface area contributed by atoms with Crippen molar-refractivity contribution in [2.24, 2.45) is 0 Å². The van der Waals surface area contributed by atoms with Crippen LogP contribution in [0.2, 0.25) is 0 Å². The van der Waals surface area contributed by atoms with Gasteiger partial charge in [-0.3, -0.25) is 9.59 Å². The van der Waals surface area contributed by atoms with Gasteiger partial charge in [0, 0.05) is 24.3 Å². The molecule has 2 aromatic carbocycles. The zero-order chi connectivity index (χ0) is 18.1. The summed E-state index contributed by atoms with van der Waals surface area (Å²) in [5.74, 6) is -0.112. The number of benzene rings is 2. The number of nitrogens with two attached hydrogens (primary N) is 1. The first-order valence-corrected chi connectivity index (χ1v) is 8.56. The predicted octanol–water partition coefficient (Wildman–Crippen LogP) is 2.66. The molecule has 0 radical (unpaired) electrons. The fraction of sp³-hybridized carbons (Fsp3) is 0.300. The number of hydrogen-bond acceptors (Lipinski definition) is 3. The van der Waals surface area contributed by atoms with Gasteiger partial charge in [0.15, 0.2) is 0 Å². The first-order chi connectivity index (χ1) is 12.1. The molecule has 0 fully saturated rings. The Morgan fingerprint density at radius 1 is 0.920 bits per heavy atom. The molecule has 0 aliphatic heterocycles. The maximum atomic E-state index is 12.0. The maximum absolute atomic E-state index is 12.0. The lowest BCUT2D eigenvalue weighted by Crippen LogP contribution is -2.25. The van der Waals surface area contributed by atoms with Gasteiger partial charge in [0.05, 0.1) is 6.42 Å². The molecule has 0 saturated carbocycles. The minimum absolute atomic E-state index is 0.0499. The molecule has 0 unspecified atom stereocenters. The topological polar surface area (TPSA) is 84.2 Å². The van der Waals surface area contributed by atoms with Gasteiger partial charge in [0.25, 0.3) is 5.91 Å². The van der Waals surface area contributed by atoms with Crippen molar-refractivity contribution in [2.45, 2.75) is 32.7 Å². The predicted molar refractivity (Wildman–Crippen MR) is 100 cm³/mol. The van der Waals surface area contributed by atoms with Crippen molar-refractivity contribution >= 4 is 17.5 Å². The Balaban J connectivity index is 1.79. The lowest BCUT2D eigenvalue weighted by atomic mass is 10.1. The molecule has 2 amide bonds. The smallest absolute Gasteiger partial charge is 0.251 e. The van der Waals surface area contributed by atoms with E-state index in [1.165, 1.54) is 0 Å². The lowest BCUT2D eigenvalue weighted by molar-refractivity contribution is -0.120. The Bertz CT molecular complexity index is 694. The average Bonchev–Trinajstić information content (AvgIpc) is 2.62. The van der Waals surface area contributed by atoms with Gasteiger partial charge in [-0.2, -0.15) is 0 Å². The molecule has 132 valence electrons. The zero-order valence-corrected chi connectivity index (χ0v) is 14.5. The monoisotopic (exact) mass is 339 g/mol. The SMILES string of the molecule is CCCCNC(=O)c1ccc(CNC(=O)Cc2ccc(N)cc2)cc1. The summed E-state index contributed by atoms with van der Waals surface area (Å²) in [7, 11) is 0. The van der Waals surface area contributed by atoms with E-state index in [1.54, 1.807) is 24.3 Å². The summed E-state index contributed by atoms with van der Waals surface area (Å²) in [4.78, 5) is 23.9. The number of amides is 2. The fourth-order valence-corrected chi connectivity index (χ4v) is 2.34. The molecular weight excluding hydrogens is 314 g/mol. The van der Waals surface area contributed by atoms with Gasteiger partial charge in [-0.1, -0.05) is 37.6 Å². The van der Waals surface area contributed by atoms with E-state index in [4.69, 9.17) is 5.73 Å². The highest BCUT2D eigenvalue weighted by atomic mass is 16.2. The van der Waals surface area contributed by atoms with Gasteiger partial charge in [-0.15, -0.1) is 0 Å². The van der Waals surface area contributed by atoms with Gasteiger partial charge in [-0.05, 0) is 41.8 Å². The second-order valence-electron chi connectivity index (χ2n) is 6.00. The van der Waals surface area contributed by atoms with Crippen molar-refractivity contribution in [2.75, 3.05) is 12.3 Å². The van der Waals surface area contributed by atoms with Crippen molar-refractivity contribution in [3.05, 3.63) is 65.2 Å². The molecule has 0 aliphatic rings. The van der Waals surface area contributed by atoms with Crippen molar-refractivity contribution in [3.63, 3.8) is 0 Å². The first kappa shape index (κ1) is 18.5. The average molecular weight is 339 g/mol. The molecule has 0 saturated heterocycles. The van der Waals surface area contributed by atoms with Crippen LogP contribution < -0.4 is 16.4 Å². The molecule has 0 bridgehead atoms. The summed E-state index contributed by atoms with van der Waals surface area (Å²) in [5, 5.41) is 5.77. The van der Waals surface area contributed by atoms with E-state index in [-0.39, 0.29) is 11.8 Å². The summed E-state index contributed by atoms with van der Waals surface area (Å²) >= 11 is 0. The van der Waals surface area contributed by atoms with Crippen LogP contribution in [-0.2, 0) is 17.8 Å². The van der Waals surface area contributed by atoms with E-state index < -0.39 is 0 Å². The maximum Gasteiger partial charge on any atom is 0.251 e. The first-order valence-electron chi connectivity index (χ1n) is 8.56. The van der Waals surface area contributed by atoms with Crippen LogP contribution in [0.4, 0.5) is 5.69 Å². The van der Waals surface area contributed by atoms with Gasteiger partial charge < -0.3 is 16.4 Å². The highest BCUT2D eigenvalue weighted by Crippen LogP contribution is 2.07. The van der Waals surface area contributed by atoms with Crippen LogP contribution in [0.1, 0.15) is 41.3 Å². The molecule has 0 aromatic heterocycles. The molecule has 25 heavy (non-hydrogen) atoms. The Hall–Kier alpha value is -2.82. The minimum atomic E-state index is -0.0626. The summed E-state index contributed by atoms with van der Waals surface area (Å²) < 4.78 is 0. The Morgan fingerprint density at radius 3 is 2.20 bits per heavy atom. The summed E-state index contributed by atoms with van der Waals surface area (Å²) in [5.41, 5.74) is 8.82. The van der Waals surface area contributed by atoms with E-state index in [9.17, 15) is 9.59 Å². The van der Waals surface area contributed by atoms with Crippen molar-refractivity contribution in [3.8, 4) is 0 Å². The lowest BCUT2D eigenvalue weighted by Gasteiger charge is -2.08. The van der Waals surface area contributed by atoms with E-state index >= 15 is 0 Å². The van der Waals surface area contributed by atoms with Crippen LogP contribution in [-0.4, -0.2) is 18.4 Å². The molecule has 4 N–H and O–H groups in total. The third-order valence-corrected chi connectivity index (χ3v) is 3.87. The van der Waals surface area contributed by atoms with Crippen LogP contribution in [0.5, 0.6) is 0 Å². The Morgan fingerprint density at radius 2 is 1.56 bits per heavy atom. The molecule has 0 aliphatic carbocycles. The minimum Gasteiger partial charge on any atom is -0.399 e. The van der Waals surface area contributed by atoms with Crippen LogP contribution >= 0.6 is 0 Å². The standard InChI is InChI=1S/C20H25N3O2/c1-2-3-12-22-20(25)17-8-4-16(5-9-17)14-23-19(24)13-15-6-10-18(21)11-7-15/h4-11H,2-3,12-14,21H2,1H3,(H,22,25)(H,23,24). The molecule has 5 nitrogen and oxygen atoms in total. The van der Waals surface area contributed by atoms with E-state index in [2.05, 4.69) is 17.6 Å². The number of nitrogens with one attached hydrogen (secondary N) is 2. The number of unbranched alkanes of at least 4 members (excludes halogenated alkanes) is 1. The van der Waals surface area contributed by atoms with Crippen molar-refractivity contribution < 1.29 is 9.59 Å². The van der Waals surface area contributed by atoms with Crippen molar-refractivity contribution in [1.82, 2.24) is 10.6 Å². The number of carbonyl (C=O) groups is 2. The number of rotatable bonds is 8. The number of anilines is 1. The van der Waals surface area contributed by atoms with E-state index in [1.807, 2.05) is 24.3 Å². The summed E-state index contributed by atoms with van der Waals surface area (Å²) in [6.45, 7) is 3.21. The van der Waals surface area contributed by atoms with Gasteiger partial charge in [0.2, 0.25) is 5.91 Å². The third kappa shape index (κ3) is 6.30. The number of carbonyl (C=O) groups excluding carboxylic acids is 2. The van der Waals surface area contributed by atoms with E-state index in [0.717, 1.165) is 24.0 Å². The molecule has 0 spiro atoms. The second kappa shape index (κ2) is 9.47. The molecule has 0 heterocycles. The molecule has 5 heteroatoms. The highest BCUT2D eigenvalue weighted by molar-refractivity contribution is 5.94. The van der Waals surface area contributed by atoms with E-state index in [0.29, 0.717) is 30.8 Å². The number of hydrogen-bond donors (Lipinski definition) is 3. The largest absolute Gasteiger partial charge is 0.399 e. The second-order valence-corrected chi connectivity index (χ2v) is 6.00. The Labute approximate surface area is 148 Å². The molecule has 2 aromatic rings. The van der Waals surface area contributed by atoms with Gasteiger partial charge in [0.1, 0.15) is 0 Å². The van der Waals surface area contributed by atoms with Gasteiger partial charge >= 0.3 is 0 Å². The van der Waals surface area contributed by atoms with Crippen LogP contribution in [0, 0.1) is 0 Å². The highest BCUT2D eigenvalue weighted by Gasteiger charge is 2.06.